The molecule has 1 aromatic rings. The lowest BCUT2D eigenvalue weighted by atomic mass is 10.0. The summed E-state index contributed by atoms with van der Waals surface area (Å²) in [5.41, 5.74) is 7.02. The van der Waals surface area contributed by atoms with Gasteiger partial charge in [-0.1, -0.05) is 31.5 Å². The summed E-state index contributed by atoms with van der Waals surface area (Å²) >= 11 is 6.02. The summed E-state index contributed by atoms with van der Waals surface area (Å²) in [5, 5.41) is 3.79. The molecule has 0 saturated carbocycles. The normalized spacial score (nSPS) is 18.1. The number of carbonyl (C=O) groups excluding carboxylic acids is 1. The van der Waals surface area contributed by atoms with Crippen molar-refractivity contribution in [2.75, 3.05) is 18.0 Å². The Morgan fingerprint density at radius 1 is 1.43 bits per heavy atom. The molecule has 1 aromatic carbocycles. The van der Waals surface area contributed by atoms with Gasteiger partial charge in [-0.15, -0.1) is 24.8 Å². The van der Waals surface area contributed by atoms with Crippen LogP contribution in [0.3, 0.4) is 0 Å². The zero-order valence-electron chi connectivity index (χ0n) is 13.5. The molecule has 1 aliphatic rings. The van der Waals surface area contributed by atoms with Crippen LogP contribution in [0.1, 0.15) is 26.7 Å². The lowest BCUT2D eigenvalue weighted by Gasteiger charge is -2.20. The Morgan fingerprint density at radius 3 is 2.74 bits per heavy atom. The summed E-state index contributed by atoms with van der Waals surface area (Å²) in [7, 11) is 0. The molecule has 0 spiro atoms. The molecule has 1 heterocycles. The van der Waals surface area contributed by atoms with Gasteiger partial charge >= 0.3 is 0 Å². The first-order chi connectivity index (χ1) is 9.95. The van der Waals surface area contributed by atoms with Crippen molar-refractivity contribution in [1.29, 1.82) is 0 Å². The average Bonchev–Trinajstić information content (AvgIpc) is 2.86. The van der Waals surface area contributed by atoms with Crippen molar-refractivity contribution in [2.45, 2.75) is 38.8 Å². The van der Waals surface area contributed by atoms with Gasteiger partial charge in [0.05, 0.1) is 6.04 Å². The number of nitrogens with one attached hydrogen (secondary N) is 1. The number of rotatable bonds is 5. The third kappa shape index (κ3) is 6.76. The molecule has 0 aliphatic carbocycles. The van der Waals surface area contributed by atoms with E-state index in [2.05, 4.69) is 24.1 Å². The van der Waals surface area contributed by atoms with Crippen LogP contribution in [0, 0.1) is 5.92 Å². The van der Waals surface area contributed by atoms with E-state index < -0.39 is 6.04 Å². The number of benzene rings is 1. The second-order valence-corrected chi connectivity index (χ2v) is 6.59. The molecule has 0 aromatic heterocycles. The first-order valence-corrected chi connectivity index (χ1v) is 7.90. The van der Waals surface area contributed by atoms with Crippen LogP contribution in [0.2, 0.25) is 5.02 Å². The van der Waals surface area contributed by atoms with Crippen molar-refractivity contribution in [1.82, 2.24) is 5.32 Å². The Hall–Kier alpha value is -0.680. The van der Waals surface area contributed by atoms with Gasteiger partial charge in [-0.25, -0.2) is 0 Å². The molecule has 0 bridgehead atoms. The third-order valence-electron chi connectivity index (χ3n) is 3.77. The van der Waals surface area contributed by atoms with E-state index in [1.54, 1.807) is 0 Å². The number of hydrogen-bond donors (Lipinski definition) is 2. The molecule has 1 unspecified atom stereocenters. The molecular formula is C16H26Cl3N3O. The fraction of sp³-hybridized carbons (Fsp3) is 0.562. The van der Waals surface area contributed by atoms with Crippen LogP contribution in [-0.4, -0.2) is 31.1 Å². The maximum atomic E-state index is 12.1. The number of amides is 1. The monoisotopic (exact) mass is 381 g/mol. The summed E-state index contributed by atoms with van der Waals surface area (Å²) in [4.78, 5) is 14.3. The highest BCUT2D eigenvalue weighted by molar-refractivity contribution is 6.30. The minimum atomic E-state index is -0.412. The lowest BCUT2D eigenvalue weighted by Crippen LogP contribution is -2.46. The molecule has 1 amide bonds. The number of hydrogen-bond acceptors (Lipinski definition) is 3. The van der Waals surface area contributed by atoms with E-state index >= 15 is 0 Å². The Morgan fingerprint density at radius 2 is 2.13 bits per heavy atom. The first kappa shape index (κ1) is 22.3. The maximum Gasteiger partial charge on any atom is 0.237 e. The number of halogens is 3. The van der Waals surface area contributed by atoms with E-state index in [4.69, 9.17) is 17.3 Å². The van der Waals surface area contributed by atoms with Crippen LogP contribution < -0.4 is 16.0 Å². The lowest BCUT2D eigenvalue weighted by molar-refractivity contribution is -0.123. The summed E-state index contributed by atoms with van der Waals surface area (Å²) < 4.78 is 0. The highest BCUT2D eigenvalue weighted by Crippen LogP contribution is 2.23. The SMILES string of the molecule is CC(C)C[C@H](N)C(=O)NC1CCN(c2cccc(Cl)c2)C1.Cl.Cl. The average molecular weight is 383 g/mol. The maximum absolute atomic E-state index is 12.1. The molecular weight excluding hydrogens is 357 g/mol. The molecule has 2 rings (SSSR count). The Bertz CT molecular complexity index is 499. The van der Waals surface area contributed by atoms with Gasteiger partial charge in [0, 0.05) is 29.8 Å². The fourth-order valence-electron chi connectivity index (χ4n) is 2.71. The number of carbonyl (C=O) groups is 1. The highest BCUT2D eigenvalue weighted by atomic mass is 35.5. The molecule has 1 saturated heterocycles. The topological polar surface area (TPSA) is 58.4 Å². The van der Waals surface area contributed by atoms with Crippen molar-refractivity contribution in [3.05, 3.63) is 29.3 Å². The van der Waals surface area contributed by atoms with E-state index in [1.807, 2.05) is 24.3 Å². The number of nitrogens with two attached hydrogens (primary N) is 1. The quantitative estimate of drug-likeness (QED) is 0.822. The van der Waals surface area contributed by atoms with Gasteiger partial charge in [-0.2, -0.15) is 0 Å². The molecule has 132 valence electrons. The fourth-order valence-corrected chi connectivity index (χ4v) is 2.89. The molecule has 7 heteroatoms. The molecule has 4 nitrogen and oxygen atoms in total. The van der Waals surface area contributed by atoms with Gasteiger partial charge in [0.1, 0.15) is 0 Å². The minimum absolute atomic E-state index is 0. The smallest absolute Gasteiger partial charge is 0.237 e. The van der Waals surface area contributed by atoms with Gasteiger partial charge in [-0.05, 0) is 37.0 Å². The summed E-state index contributed by atoms with van der Waals surface area (Å²) in [6.45, 7) is 5.87. The summed E-state index contributed by atoms with van der Waals surface area (Å²) in [6.07, 6.45) is 1.66. The van der Waals surface area contributed by atoms with Gasteiger partial charge in [0.15, 0.2) is 0 Å². The molecule has 3 N–H and O–H groups in total. The largest absolute Gasteiger partial charge is 0.369 e. The van der Waals surface area contributed by atoms with E-state index in [0.29, 0.717) is 5.92 Å². The van der Waals surface area contributed by atoms with Crippen molar-refractivity contribution in [2.24, 2.45) is 11.7 Å². The van der Waals surface area contributed by atoms with Crippen LogP contribution >= 0.6 is 36.4 Å². The molecule has 0 radical (unpaired) electrons. The zero-order valence-corrected chi connectivity index (χ0v) is 15.9. The standard InChI is InChI=1S/C16H24ClN3O.2ClH/c1-11(2)8-15(18)16(21)19-13-6-7-20(10-13)14-5-3-4-12(17)9-14;;/h3-5,9,11,13,15H,6-8,10,18H2,1-2H3,(H,19,21);2*1H/t13?,15-;;/m0../s1. The summed E-state index contributed by atoms with van der Waals surface area (Å²) in [6, 6.07) is 7.56. The Labute approximate surface area is 155 Å². The van der Waals surface area contributed by atoms with Crippen LogP contribution in [0.5, 0.6) is 0 Å². The Kier molecular flexibility index (Phi) is 9.94. The van der Waals surface area contributed by atoms with Gasteiger partial charge < -0.3 is 16.0 Å². The van der Waals surface area contributed by atoms with E-state index in [1.165, 1.54) is 0 Å². The molecule has 2 atom stereocenters. The second-order valence-electron chi connectivity index (χ2n) is 6.16. The van der Waals surface area contributed by atoms with Crippen LogP contribution in [0.15, 0.2) is 24.3 Å². The molecule has 1 fully saturated rings. The van der Waals surface area contributed by atoms with E-state index in [9.17, 15) is 4.79 Å². The van der Waals surface area contributed by atoms with Crippen molar-refractivity contribution < 1.29 is 4.79 Å². The van der Waals surface area contributed by atoms with Crippen LogP contribution in [0.25, 0.3) is 0 Å². The number of anilines is 1. The number of nitrogens with zero attached hydrogens (tertiary/aromatic N) is 1. The zero-order chi connectivity index (χ0) is 15.4. The molecule has 1 aliphatic heterocycles. The van der Waals surface area contributed by atoms with Crippen molar-refractivity contribution in [3.63, 3.8) is 0 Å². The Balaban J connectivity index is 0.00000242. The second kappa shape index (κ2) is 10.2. The van der Waals surface area contributed by atoms with Gasteiger partial charge in [0.25, 0.3) is 0 Å². The predicted octanol–water partition coefficient (Wildman–Crippen LogP) is 3.25. The first-order valence-electron chi connectivity index (χ1n) is 7.52. The van der Waals surface area contributed by atoms with Gasteiger partial charge in [0.2, 0.25) is 5.91 Å². The van der Waals surface area contributed by atoms with Crippen molar-refractivity contribution in [3.8, 4) is 0 Å². The van der Waals surface area contributed by atoms with Crippen molar-refractivity contribution >= 4 is 48.0 Å². The highest BCUT2D eigenvalue weighted by Gasteiger charge is 2.26. The third-order valence-corrected chi connectivity index (χ3v) is 4.01. The van der Waals surface area contributed by atoms with Crippen LogP contribution in [0.4, 0.5) is 5.69 Å². The predicted molar refractivity (Wildman–Crippen MR) is 102 cm³/mol. The van der Waals surface area contributed by atoms with Gasteiger partial charge in [-0.3, -0.25) is 4.79 Å². The summed E-state index contributed by atoms with van der Waals surface area (Å²) in [5.74, 6) is 0.388. The van der Waals surface area contributed by atoms with E-state index in [-0.39, 0.29) is 36.8 Å². The minimum Gasteiger partial charge on any atom is -0.369 e. The van der Waals surface area contributed by atoms with E-state index in [0.717, 1.165) is 36.6 Å². The van der Waals surface area contributed by atoms with Crippen LogP contribution in [-0.2, 0) is 4.79 Å². The molecule has 23 heavy (non-hydrogen) atoms.